The van der Waals surface area contributed by atoms with Crippen LogP contribution in [0.25, 0.3) is 21.9 Å². The molecule has 0 aliphatic rings. The number of pyridine rings is 1. The van der Waals surface area contributed by atoms with Crippen molar-refractivity contribution in [1.82, 2.24) is 24.5 Å². The van der Waals surface area contributed by atoms with E-state index in [2.05, 4.69) is 30.4 Å². The number of nitrogens with one attached hydrogen (secondary N) is 1. The first-order valence-electron chi connectivity index (χ1n) is 10.9. The zero-order valence-corrected chi connectivity index (χ0v) is 19.8. The van der Waals surface area contributed by atoms with Crippen LogP contribution < -0.4 is 10.1 Å². The average Bonchev–Trinajstić information content (AvgIpc) is 3.28. The quantitative estimate of drug-likeness (QED) is 0.187. The van der Waals surface area contributed by atoms with Gasteiger partial charge in [-0.15, -0.1) is 0 Å². The van der Waals surface area contributed by atoms with Crippen LogP contribution >= 0.6 is 11.6 Å². The summed E-state index contributed by atoms with van der Waals surface area (Å²) in [6.07, 6.45) is 4.56. The fraction of sp³-hybridized carbons (Fsp3) is 0.160. The van der Waals surface area contributed by atoms with Crippen molar-refractivity contribution in [2.24, 2.45) is 5.16 Å². The first-order valence-corrected chi connectivity index (χ1v) is 11.3. The van der Waals surface area contributed by atoms with Gasteiger partial charge in [0, 0.05) is 5.39 Å². The van der Waals surface area contributed by atoms with Gasteiger partial charge in [0.1, 0.15) is 17.6 Å². The number of methoxy groups -OCH3 is 1. The lowest BCUT2D eigenvalue weighted by atomic mass is 10.1. The van der Waals surface area contributed by atoms with Crippen LogP contribution in [0.15, 0.2) is 66.3 Å². The Balaban J connectivity index is 1.45. The molecule has 9 nitrogen and oxygen atoms in total. The van der Waals surface area contributed by atoms with E-state index in [4.69, 9.17) is 21.5 Å². The minimum Gasteiger partial charge on any atom is -0.497 e. The van der Waals surface area contributed by atoms with Crippen molar-refractivity contribution >= 4 is 45.6 Å². The van der Waals surface area contributed by atoms with E-state index in [1.54, 1.807) is 19.5 Å². The molecule has 0 aliphatic heterocycles. The van der Waals surface area contributed by atoms with E-state index in [0.717, 1.165) is 33.4 Å². The second kappa shape index (κ2) is 9.55. The number of hydrogen-bond donors (Lipinski definition) is 2. The summed E-state index contributed by atoms with van der Waals surface area (Å²) in [6, 6.07) is 15.2. The summed E-state index contributed by atoms with van der Waals surface area (Å²) < 4.78 is 7.21. The Bertz CT molecular complexity index is 1530. The van der Waals surface area contributed by atoms with E-state index in [0.29, 0.717) is 28.6 Å². The largest absolute Gasteiger partial charge is 0.497 e. The van der Waals surface area contributed by atoms with Gasteiger partial charge < -0.3 is 19.8 Å². The number of oxime groups is 1. The van der Waals surface area contributed by atoms with Gasteiger partial charge in [-0.3, -0.25) is 0 Å². The second-order valence-electron chi connectivity index (χ2n) is 8.00. The number of imidazole rings is 1. The van der Waals surface area contributed by atoms with Gasteiger partial charge in [0.05, 0.1) is 48.6 Å². The van der Waals surface area contributed by atoms with Gasteiger partial charge in [0.2, 0.25) is 0 Å². The van der Waals surface area contributed by atoms with E-state index in [1.165, 1.54) is 12.5 Å². The summed E-state index contributed by atoms with van der Waals surface area (Å²) in [5.41, 5.74) is 3.70. The zero-order chi connectivity index (χ0) is 24.4. The first kappa shape index (κ1) is 22.5. The van der Waals surface area contributed by atoms with Crippen molar-refractivity contribution in [3.8, 4) is 5.75 Å². The van der Waals surface area contributed by atoms with E-state index in [1.807, 2.05) is 54.0 Å². The number of fused-ring (bicyclic) bond motifs is 2. The number of hydrogen-bond acceptors (Lipinski definition) is 8. The Labute approximate surface area is 206 Å². The first-order chi connectivity index (χ1) is 17.1. The molecule has 0 aliphatic carbocycles. The standard InChI is InChI=1S/C25H22ClN7O2/c1-15(20-10-17-4-3-5-19(26)22(17)21(32-20)11-30-34)31-24-23-25(28-13-27-24)33(14-29-23)12-16-6-8-18(35-2)9-7-16/h3-11,13-15,34H,12H2,1-2H3,(H,27,28,31). The lowest BCUT2D eigenvalue weighted by Gasteiger charge is -2.16. The molecule has 0 bridgehead atoms. The number of rotatable bonds is 7. The second-order valence-corrected chi connectivity index (χ2v) is 8.40. The Morgan fingerprint density at radius 2 is 2.00 bits per heavy atom. The Morgan fingerprint density at radius 1 is 1.17 bits per heavy atom. The van der Waals surface area contributed by atoms with Gasteiger partial charge in [-0.25, -0.2) is 19.9 Å². The molecule has 0 saturated heterocycles. The number of anilines is 1. The summed E-state index contributed by atoms with van der Waals surface area (Å²) >= 11 is 6.37. The zero-order valence-electron chi connectivity index (χ0n) is 19.1. The van der Waals surface area contributed by atoms with Gasteiger partial charge in [0.25, 0.3) is 0 Å². The molecule has 0 radical (unpaired) electrons. The number of aromatic nitrogens is 5. The maximum absolute atomic E-state index is 9.12. The van der Waals surface area contributed by atoms with Crippen molar-refractivity contribution in [1.29, 1.82) is 0 Å². The van der Waals surface area contributed by atoms with Crippen LogP contribution in [0.4, 0.5) is 5.82 Å². The van der Waals surface area contributed by atoms with E-state index in [9.17, 15) is 0 Å². The van der Waals surface area contributed by atoms with Gasteiger partial charge >= 0.3 is 0 Å². The highest BCUT2D eigenvalue weighted by Gasteiger charge is 2.16. The molecular weight excluding hydrogens is 466 g/mol. The molecule has 0 fully saturated rings. The van der Waals surface area contributed by atoms with Crippen LogP contribution in [0.2, 0.25) is 5.02 Å². The molecular formula is C25H22ClN7O2. The molecule has 3 heterocycles. The highest BCUT2D eigenvalue weighted by atomic mass is 35.5. The van der Waals surface area contributed by atoms with Crippen LogP contribution in [0, 0.1) is 0 Å². The molecule has 1 atom stereocenters. The Kier molecular flexibility index (Phi) is 6.15. The van der Waals surface area contributed by atoms with Crippen molar-refractivity contribution in [3.05, 3.63) is 83.2 Å². The summed E-state index contributed by atoms with van der Waals surface area (Å²) in [6.45, 7) is 2.59. The predicted octanol–water partition coefficient (Wildman–Crippen LogP) is 5.07. The Hall–Kier alpha value is -4.24. The summed E-state index contributed by atoms with van der Waals surface area (Å²) in [7, 11) is 1.65. The molecule has 0 spiro atoms. The van der Waals surface area contributed by atoms with Crippen molar-refractivity contribution in [2.75, 3.05) is 12.4 Å². The molecule has 176 valence electrons. The van der Waals surface area contributed by atoms with Gasteiger partial charge in [-0.2, -0.15) is 0 Å². The average molecular weight is 488 g/mol. The third-order valence-corrected chi connectivity index (χ3v) is 6.06. The monoisotopic (exact) mass is 487 g/mol. The highest BCUT2D eigenvalue weighted by molar-refractivity contribution is 6.36. The number of ether oxygens (including phenoxy) is 1. The van der Waals surface area contributed by atoms with E-state index >= 15 is 0 Å². The minimum atomic E-state index is -0.228. The molecule has 5 aromatic rings. The molecule has 0 saturated carbocycles. The summed E-state index contributed by atoms with van der Waals surface area (Å²) in [5, 5.41) is 17.8. The predicted molar refractivity (Wildman–Crippen MR) is 136 cm³/mol. The topological polar surface area (TPSA) is 110 Å². The molecule has 0 amide bonds. The van der Waals surface area contributed by atoms with Crippen molar-refractivity contribution in [2.45, 2.75) is 19.5 Å². The van der Waals surface area contributed by atoms with Gasteiger partial charge in [-0.05, 0) is 42.1 Å². The van der Waals surface area contributed by atoms with Crippen LogP contribution in [-0.2, 0) is 6.54 Å². The summed E-state index contributed by atoms with van der Waals surface area (Å²) in [5.74, 6) is 1.41. The molecule has 10 heteroatoms. The number of benzene rings is 2. The lowest BCUT2D eigenvalue weighted by Crippen LogP contribution is -2.12. The van der Waals surface area contributed by atoms with Crippen LogP contribution in [-0.4, -0.2) is 43.0 Å². The van der Waals surface area contributed by atoms with Gasteiger partial charge in [0.15, 0.2) is 11.5 Å². The third kappa shape index (κ3) is 4.45. The van der Waals surface area contributed by atoms with Crippen molar-refractivity contribution < 1.29 is 9.94 Å². The highest BCUT2D eigenvalue weighted by Crippen LogP contribution is 2.29. The normalized spacial score (nSPS) is 12.4. The Morgan fingerprint density at radius 3 is 2.77 bits per heavy atom. The third-order valence-electron chi connectivity index (χ3n) is 5.75. The molecule has 35 heavy (non-hydrogen) atoms. The molecule has 1 unspecified atom stereocenters. The molecule has 5 rings (SSSR count). The minimum absolute atomic E-state index is 0.228. The molecule has 2 aromatic carbocycles. The van der Waals surface area contributed by atoms with E-state index in [-0.39, 0.29) is 6.04 Å². The number of halogens is 1. The number of nitrogens with zero attached hydrogens (tertiary/aromatic N) is 6. The van der Waals surface area contributed by atoms with Crippen LogP contribution in [0.1, 0.15) is 29.9 Å². The van der Waals surface area contributed by atoms with E-state index < -0.39 is 0 Å². The van der Waals surface area contributed by atoms with Crippen LogP contribution in [0.5, 0.6) is 5.75 Å². The molecule has 3 aromatic heterocycles. The van der Waals surface area contributed by atoms with Crippen molar-refractivity contribution in [3.63, 3.8) is 0 Å². The molecule has 2 N–H and O–H groups in total. The van der Waals surface area contributed by atoms with Gasteiger partial charge in [-0.1, -0.05) is 41.0 Å². The summed E-state index contributed by atoms with van der Waals surface area (Å²) in [4.78, 5) is 18.1. The lowest BCUT2D eigenvalue weighted by molar-refractivity contribution is 0.321. The maximum Gasteiger partial charge on any atom is 0.165 e. The van der Waals surface area contributed by atoms with Crippen LogP contribution in [0.3, 0.4) is 0 Å². The maximum atomic E-state index is 9.12. The fourth-order valence-electron chi connectivity index (χ4n) is 4.00. The fourth-order valence-corrected chi connectivity index (χ4v) is 4.28. The smallest absolute Gasteiger partial charge is 0.165 e. The SMILES string of the molecule is COc1ccc(Cn2cnc3c(NC(C)c4cc5cccc(Cl)c5c(C=NO)n4)ncnc32)cc1.